The molecule has 7 nitrogen and oxygen atoms in total. The monoisotopic (exact) mass is 480 g/mol. The maximum Gasteiger partial charge on any atom is 0.237 e. The van der Waals surface area contributed by atoms with Gasteiger partial charge in [0.25, 0.3) is 0 Å². The number of hydrogen-bond donors (Lipinski definition) is 1. The molecule has 0 aliphatic carbocycles. The minimum atomic E-state index is -1.03. The van der Waals surface area contributed by atoms with Crippen molar-refractivity contribution in [1.82, 2.24) is 14.8 Å². The van der Waals surface area contributed by atoms with Crippen molar-refractivity contribution in [2.45, 2.75) is 17.3 Å². The zero-order valence-electron chi connectivity index (χ0n) is 17.9. The molecule has 0 spiro atoms. The molecule has 0 unspecified atom stereocenters. The number of thioether (sulfide) groups is 1. The molecule has 4 aromatic rings. The number of rotatable bonds is 6. The van der Waals surface area contributed by atoms with Crippen molar-refractivity contribution in [2.24, 2.45) is 0 Å². The summed E-state index contributed by atoms with van der Waals surface area (Å²) in [5.41, 5.74) is 1.75. The van der Waals surface area contributed by atoms with E-state index in [4.69, 9.17) is 9.47 Å². The molecule has 1 amide bonds. The van der Waals surface area contributed by atoms with Crippen molar-refractivity contribution in [3.8, 4) is 28.6 Å². The summed E-state index contributed by atoms with van der Waals surface area (Å²) in [7, 11) is 0. The maximum absolute atomic E-state index is 13.5. The van der Waals surface area contributed by atoms with Crippen LogP contribution in [0.2, 0.25) is 0 Å². The third-order valence-electron chi connectivity index (χ3n) is 5.12. The van der Waals surface area contributed by atoms with Crippen LogP contribution >= 0.6 is 11.8 Å². The summed E-state index contributed by atoms with van der Waals surface area (Å²) < 4.78 is 39.4. The SMILES string of the molecule is C[C@@H](Sc1nnc(-c2ccc3c(c2)OCO3)n1-c1ccccc1)C(=O)Nc1ccc(F)c(F)c1. The molecule has 1 aliphatic rings. The lowest BCUT2D eigenvalue weighted by Crippen LogP contribution is -2.23. The molecule has 0 saturated heterocycles. The molecule has 3 aromatic carbocycles. The van der Waals surface area contributed by atoms with Gasteiger partial charge in [0.15, 0.2) is 34.1 Å². The highest BCUT2D eigenvalue weighted by Gasteiger charge is 2.23. The third kappa shape index (κ3) is 4.32. The lowest BCUT2D eigenvalue weighted by Gasteiger charge is -2.14. The summed E-state index contributed by atoms with van der Waals surface area (Å²) in [5, 5.41) is 11.2. The van der Waals surface area contributed by atoms with Gasteiger partial charge in [-0.05, 0) is 49.4 Å². The van der Waals surface area contributed by atoms with Crippen molar-refractivity contribution >= 4 is 23.4 Å². The number of nitrogens with zero attached hydrogens (tertiary/aromatic N) is 3. The van der Waals surface area contributed by atoms with Gasteiger partial charge in [-0.3, -0.25) is 9.36 Å². The second-order valence-electron chi connectivity index (χ2n) is 7.42. The van der Waals surface area contributed by atoms with E-state index in [1.165, 1.54) is 17.8 Å². The summed E-state index contributed by atoms with van der Waals surface area (Å²) >= 11 is 1.19. The van der Waals surface area contributed by atoms with Crippen LogP contribution in [0.5, 0.6) is 11.5 Å². The quantitative estimate of drug-likeness (QED) is 0.389. The Labute approximate surface area is 197 Å². The standard InChI is InChI=1S/C24H18F2N4O3S/c1-14(23(31)27-16-8-9-18(25)19(26)12-16)34-24-29-28-22(30(24)17-5-3-2-4-6-17)15-7-10-20-21(11-15)33-13-32-20/h2-12,14H,13H2,1H3,(H,27,31)/t14-/m1/s1. The Bertz CT molecular complexity index is 1360. The van der Waals surface area contributed by atoms with Crippen LogP contribution < -0.4 is 14.8 Å². The van der Waals surface area contributed by atoms with E-state index in [0.29, 0.717) is 22.5 Å². The maximum atomic E-state index is 13.5. The van der Waals surface area contributed by atoms with Crippen LogP contribution in [0.3, 0.4) is 0 Å². The van der Waals surface area contributed by atoms with Crippen molar-refractivity contribution in [3.05, 3.63) is 78.4 Å². The van der Waals surface area contributed by atoms with Gasteiger partial charge in [-0.15, -0.1) is 10.2 Å². The minimum absolute atomic E-state index is 0.163. The van der Waals surface area contributed by atoms with E-state index >= 15 is 0 Å². The summed E-state index contributed by atoms with van der Waals surface area (Å²) in [4.78, 5) is 12.7. The van der Waals surface area contributed by atoms with Gasteiger partial charge < -0.3 is 14.8 Å². The van der Waals surface area contributed by atoms with Gasteiger partial charge in [0.05, 0.1) is 5.25 Å². The number of carbonyl (C=O) groups excluding carboxylic acids is 1. The number of halogens is 2. The van der Waals surface area contributed by atoms with Crippen molar-refractivity contribution in [1.29, 1.82) is 0 Å². The first-order valence-corrected chi connectivity index (χ1v) is 11.2. The molecule has 0 radical (unpaired) electrons. The Kier molecular flexibility index (Phi) is 5.89. The highest BCUT2D eigenvalue weighted by atomic mass is 32.2. The number of ether oxygens (including phenoxy) is 2. The lowest BCUT2D eigenvalue weighted by atomic mass is 10.2. The van der Waals surface area contributed by atoms with E-state index in [2.05, 4.69) is 15.5 Å². The summed E-state index contributed by atoms with van der Waals surface area (Å²) in [5.74, 6) is -0.550. The second-order valence-corrected chi connectivity index (χ2v) is 8.73. The smallest absolute Gasteiger partial charge is 0.237 e. The Morgan fingerprint density at radius 3 is 2.59 bits per heavy atom. The average molecular weight is 480 g/mol. The zero-order valence-corrected chi connectivity index (χ0v) is 18.7. The van der Waals surface area contributed by atoms with Crippen molar-refractivity contribution < 1.29 is 23.0 Å². The van der Waals surface area contributed by atoms with E-state index in [1.807, 2.05) is 53.1 Å². The molecule has 10 heteroatoms. The van der Waals surface area contributed by atoms with Crippen LogP contribution in [-0.4, -0.2) is 32.7 Å². The van der Waals surface area contributed by atoms with E-state index < -0.39 is 16.9 Å². The number of aromatic nitrogens is 3. The number of anilines is 1. The fourth-order valence-corrected chi connectivity index (χ4v) is 4.28. The Morgan fingerprint density at radius 1 is 1.00 bits per heavy atom. The summed E-state index contributed by atoms with van der Waals surface area (Å²) in [6, 6.07) is 18.2. The van der Waals surface area contributed by atoms with Crippen LogP contribution in [-0.2, 0) is 4.79 Å². The molecule has 5 rings (SSSR count). The molecule has 1 atom stereocenters. The largest absolute Gasteiger partial charge is 0.454 e. The zero-order chi connectivity index (χ0) is 23.7. The first-order valence-electron chi connectivity index (χ1n) is 10.3. The second kappa shape index (κ2) is 9.14. The van der Waals surface area contributed by atoms with Crippen LogP contribution in [0, 0.1) is 11.6 Å². The molecule has 172 valence electrons. The molecule has 1 aromatic heterocycles. The normalized spacial score (nSPS) is 13.0. The molecular formula is C24H18F2N4O3S. The van der Waals surface area contributed by atoms with Gasteiger partial charge in [-0.2, -0.15) is 0 Å². The van der Waals surface area contributed by atoms with Gasteiger partial charge >= 0.3 is 0 Å². The first-order chi connectivity index (χ1) is 16.5. The highest BCUT2D eigenvalue weighted by molar-refractivity contribution is 8.00. The first kappa shape index (κ1) is 21.9. The Morgan fingerprint density at radius 2 is 1.79 bits per heavy atom. The fourth-order valence-electron chi connectivity index (χ4n) is 3.41. The van der Waals surface area contributed by atoms with Crippen LogP contribution in [0.25, 0.3) is 17.1 Å². The van der Waals surface area contributed by atoms with Crippen LogP contribution in [0.4, 0.5) is 14.5 Å². The number of hydrogen-bond acceptors (Lipinski definition) is 6. The molecule has 0 fully saturated rings. The number of benzene rings is 3. The Balaban J connectivity index is 1.44. The average Bonchev–Trinajstić information content (AvgIpc) is 3.48. The van der Waals surface area contributed by atoms with Crippen LogP contribution in [0.15, 0.2) is 71.9 Å². The molecule has 0 saturated carbocycles. The highest BCUT2D eigenvalue weighted by Crippen LogP contribution is 2.37. The molecule has 1 aliphatic heterocycles. The third-order valence-corrected chi connectivity index (χ3v) is 6.16. The minimum Gasteiger partial charge on any atom is -0.454 e. The number of fused-ring (bicyclic) bond motifs is 1. The molecule has 34 heavy (non-hydrogen) atoms. The van der Waals surface area contributed by atoms with Gasteiger partial charge in [0, 0.05) is 23.0 Å². The van der Waals surface area contributed by atoms with Gasteiger partial charge in [-0.1, -0.05) is 30.0 Å². The van der Waals surface area contributed by atoms with E-state index in [-0.39, 0.29) is 18.4 Å². The molecule has 1 N–H and O–H groups in total. The number of carbonyl (C=O) groups is 1. The summed E-state index contributed by atoms with van der Waals surface area (Å²) in [6.07, 6.45) is 0. The van der Waals surface area contributed by atoms with E-state index in [0.717, 1.165) is 23.4 Å². The predicted octanol–water partition coefficient (Wildman–Crippen LogP) is 5.06. The van der Waals surface area contributed by atoms with Crippen molar-refractivity contribution in [3.63, 3.8) is 0 Å². The topological polar surface area (TPSA) is 78.3 Å². The number of amides is 1. The molecule has 2 heterocycles. The number of nitrogens with one attached hydrogen (secondary N) is 1. The van der Waals surface area contributed by atoms with Gasteiger partial charge in [-0.25, -0.2) is 8.78 Å². The number of para-hydroxylation sites is 1. The van der Waals surface area contributed by atoms with E-state index in [9.17, 15) is 13.6 Å². The van der Waals surface area contributed by atoms with E-state index in [1.54, 1.807) is 6.92 Å². The fraction of sp³-hybridized carbons (Fsp3) is 0.125. The Hall–Kier alpha value is -3.92. The van der Waals surface area contributed by atoms with Gasteiger partial charge in [0.1, 0.15) is 0 Å². The van der Waals surface area contributed by atoms with Crippen LogP contribution in [0.1, 0.15) is 6.92 Å². The molecule has 0 bridgehead atoms. The predicted molar refractivity (Wildman–Crippen MR) is 123 cm³/mol. The van der Waals surface area contributed by atoms with Crippen molar-refractivity contribution in [2.75, 3.05) is 12.1 Å². The summed E-state index contributed by atoms with van der Waals surface area (Å²) in [6.45, 7) is 1.86. The molecular weight excluding hydrogens is 462 g/mol. The van der Waals surface area contributed by atoms with Gasteiger partial charge in [0.2, 0.25) is 12.7 Å². The lowest BCUT2D eigenvalue weighted by molar-refractivity contribution is -0.115.